The lowest BCUT2D eigenvalue weighted by Gasteiger charge is -2.52. The molecule has 0 radical (unpaired) electrons. The molecule has 328 valence electrons. The molecule has 10 nitrogen and oxygen atoms in total. The zero-order valence-electron chi connectivity index (χ0n) is 37.2. The van der Waals surface area contributed by atoms with Gasteiger partial charge in [0, 0.05) is 58.5 Å². The van der Waals surface area contributed by atoms with Gasteiger partial charge in [0.1, 0.15) is 35.2 Å². The molecule has 13 rings (SSSR count). The van der Waals surface area contributed by atoms with E-state index in [1.165, 1.54) is 0 Å². The average molecular weight is 857 g/mol. The van der Waals surface area contributed by atoms with Crippen molar-refractivity contribution in [3.63, 3.8) is 0 Å². The number of hydrogen-bond donors (Lipinski definition) is 0. The summed E-state index contributed by atoms with van der Waals surface area (Å²) in [6.45, 7) is 8.58. The first-order chi connectivity index (χ1) is 31.3. The van der Waals surface area contributed by atoms with Crippen molar-refractivity contribution in [3.05, 3.63) is 131 Å². The first-order valence-electron chi connectivity index (χ1n) is 23.4. The van der Waals surface area contributed by atoms with Crippen LogP contribution in [0.5, 0.6) is 23.0 Å². The topological polar surface area (TPSA) is 103 Å². The van der Waals surface area contributed by atoms with Gasteiger partial charge in [-0.15, -0.1) is 0 Å². The first kappa shape index (κ1) is 40.9. The average Bonchev–Trinajstić information content (AvgIpc) is 3.36. The minimum atomic E-state index is -0.475. The number of carbonyl (C=O) groups excluding carboxylic acids is 2. The molecular weight excluding hydrogens is 801 g/mol. The molecule has 8 heterocycles. The molecule has 1 aliphatic carbocycles. The molecule has 6 saturated heterocycles. The van der Waals surface area contributed by atoms with E-state index in [0.717, 1.165) is 109 Å². The van der Waals surface area contributed by atoms with E-state index in [0.29, 0.717) is 46.3 Å². The largest absolute Gasteiger partial charge is 0.497 e. The minimum absolute atomic E-state index is 0.0377. The Morgan fingerprint density at radius 3 is 1.45 bits per heavy atom. The molecular formula is C54H56N4O6. The molecule has 10 atom stereocenters. The highest BCUT2D eigenvalue weighted by molar-refractivity contribution is 6.30. The highest BCUT2D eigenvalue weighted by Gasteiger charge is 2.47. The Hall–Kier alpha value is -5.84. The van der Waals surface area contributed by atoms with Crippen molar-refractivity contribution < 1.29 is 28.5 Å². The highest BCUT2D eigenvalue weighted by Crippen LogP contribution is 2.49. The fourth-order valence-corrected chi connectivity index (χ4v) is 12.3. The SMILES string of the molecule is CC[C@H]1CN2CC[C@@H]1C[C@@H]2[C@@H](Oc1ccc(O[C@@H](c2ccnc3ccc(OC)cc23)[C@H]2C[C@@H]3CCN2C[C@@H]3CC)c2c1C(=O)c1ccccc1C2=O)c1ccnc2ccc(OC)cc12. The standard InChI is InChI=1S/C54H56N4O6/c1-5-31-29-57-23-19-33(31)25-45(57)53(39-17-21-55-43-13-11-35(61-3)27-41(39)43)63-47-15-16-48(50-49(47)51(59)37-9-7-8-10-38(37)52(50)60)64-54(46-26-34-20-24-58(46)30-32(34)6-2)40-18-22-56-44-14-12-36(62-4)28-42(40)44/h7-18,21-22,27-28,31-34,45-46,53-54H,5-6,19-20,23-26,29-30H2,1-4H3/t31-,32-,33-,34+,45+,46+,53-,54-/m0/s1. The van der Waals surface area contributed by atoms with Gasteiger partial charge in [0.25, 0.3) is 0 Å². The van der Waals surface area contributed by atoms with Crippen LogP contribution in [0.3, 0.4) is 0 Å². The molecule has 10 heteroatoms. The Labute approximate surface area is 374 Å². The summed E-state index contributed by atoms with van der Waals surface area (Å²) in [6.07, 6.45) is 9.30. The monoisotopic (exact) mass is 856 g/mol. The molecule has 7 aliphatic rings. The number of carbonyl (C=O) groups is 2. The number of fused-ring (bicyclic) bond motifs is 10. The molecule has 0 saturated carbocycles. The van der Waals surface area contributed by atoms with Crippen LogP contribution in [0.4, 0.5) is 0 Å². The Bertz CT molecular complexity index is 2600. The number of rotatable bonds is 12. The number of ether oxygens (including phenoxy) is 4. The van der Waals surface area contributed by atoms with Crippen LogP contribution in [-0.4, -0.2) is 83.8 Å². The molecule has 4 aromatic carbocycles. The van der Waals surface area contributed by atoms with Gasteiger partial charge in [0.05, 0.1) is 48.5 Å². The molecule has 0 spiro atoms. The van der Waals surface area contributed by atoms with E-state index >= 15 is 9.59 Å². The van der Waals surface area contributed by atoms with Crippen LogP contribution in [0.15, 0.2) is 97.3 Å². The normalized spacial score (nSPS) is 26.6. The summed E-state index contributed by atoms with van der Waals surface area (Å²) in [6, 6.07) is 27.0. The van der Waals surface area contributed by atoms with Crippen molar-refractivity contribution in [1.82, 2.24) is 19.8 Å². The van der Waals surface area contributed by atoms with Crippen molar-refractivity contribution in [2.75, 3.05) is 40.4 Å². The van der Waals surface area contributed by atoms with E-state index in [1.807, 2.05) is 85.2 Å². The zero-order chi connectivity index (χ0) is 43.6. The fourth-order valence-electron chi connectivity index (χ4n) is 12.3. The molecule has 0 N–H and O–H groups in total. The second-order valence-electron chi connectivity index (χ2n) is 18.7. The van der Waals surface area contributed by atoms with Crippen LogP contribution in [0.25, 0.3) is 21.8 Å². The lowest BCUT2D eigenvalue weighted by Crippen LogP contribution is -2.56. The van der Waals surface area contributed by atoms with Gasteiger partial charge >= 0.3 is 0 Å². The van der Waals surface area contributed by atoms with E-state index in [9.17, 15) is 0 Å². The summed E-state index contributed by atoms with van der Waals surface area (Å²) < 4.78 is 26.3. The molecule has 64 heavy (non-hydrogen) atoms. The molecule has 6 aliphatic heterocycles. The third-order valence-electron chi connectivity index (χ3n) is 15.7. The minimum Gasteiger partial charge on any atom is -0.497 e. The summed E-state index contributed by atoms with van der Waals surface area (Å²) in [5.41, 5.74) is 4.87. The Balaban J connectivity index is 1.07. The van der Waals surface area contributed by atoms with Crippen LogP contribution in [-0.2, 0) is 0 Å². The summed E-state index contributed by atoms with van der Waals surface area (Å²) in [7, 11) is 3.35. The van der Waals surface area contributed by atoms with Gasteiger partial charge in [0.15, 0.2) is 11.6 Å². The summed E-state index contributed by atoms with van der Waals surface area (Å²) in [5.74, 6) is 4.15. The third-order valence-corrected chi connectivity index (χ3v) is 15.7. The molecule has 2 unspecified atom stereocenters. The van der Waals surface area contributed by atoms with E-state index in [2.05, 4.69) is 23.6 Å². The zero-order valence-corrected chi connectivity index (χ0v) is 37.2. The van der Waals surface area contributed by atoms with Crippen LogP contribution < -0.4 is 18.9 Å². The second kappa shape index (κ2) is 16.6. The van der Waals surface area contributed by atoms with E-state index in [-0.39, 0.29) is 34.8 Å². The fraction of sp³-hybridized carbons (Fsp3) is 0.407. The summed E-state index contributed by atoms with van der Waals surface area (Å²) >= 11 is 0. The van der Waals surface area contributed by atoms with Crippen LogP contribution in [0.1, 0.15) is 108 Å². The van der Waals surface area contributed by atoms with Crippen molar-refractivity contribution in [1.29, 1.82) is 0 Å². The van der Waals surface area contributed by atoms with Crippen LogP contribution >= 0.6 is 0 Å². The molecule has 2 aromatic heterocycles. The lowest BCUT2D eigenvalue weighted by atomic mass is 9.72. The molecule has 4 bridgehead atoms. The summed E-state index contributed by atoms with van der Waals surface area (Å²) in [5, 5.41) is 1.88. The number of ketones is 2. The summed E-state index contributed by atoms with van der Waals surface area (Å²) in [4.78, 5) is 45.0. The highest BCUT2D eigenvalue weighted by atomic mass is 16.5. The predicted molar refractivity (Wildman–Crippen MR) is 247 cm³/mol. The Morgan fingerprint density at radius 2 is 1.06 bits per heavy atom. The van der Waals surface area contributed by atoms with Crippen LogP contribution in [0.2, 0.25) is 0 Å². The van der Waals surface area contributed by atoms with E-state index in [1.54, 1.807) is 26.4 Å². The number of hydrogen-bond acceptors (Lipinski definition) is 10. The van der Waals surface area contributed by atoms with Crippen molar-refractivity contribution >= 4 is 33.4 Å². The van der Waals surface area contributed by atoms with Gasteiger partial charge in [-0.05, 0) is 123 Å². The lowest BCUT2D eigenvalue weighted by molar-refractivity contribution is -0.0493. The number of nitrogens with zero attached hydrogens (tertiary/aromatic N) is 4. The van der Waals surface area contributed by atoms with Gasteiger partial charge in [-0.1, -0.05) is 51.0 Å². The molecule has 6 fully saturated rings. The van der Waals surface area contributed by atoms with Gasteiger partial charge in [-0.25, -0.2) is 0 Å². The smallest absolute Gasteiger partial charge is 0.198 e. The van der Waals surface area contributed by atoms with Gasteiger partial charge in [0.2, 0.25) is 0 Å². The Morgan fingerprint density at radius 1 is 0.609 bits per heavy atom. The maximum absolute atomic E-state index is 15.1. The Kier molecular flexibility index (Phi) is 10.6. The number of benzene rings is 4. The first-order valence-corrected chi connectivity index (χ1v) is 23.4. The van der Waals surface area contributed by atoms with Crippen molar-refractivity contribution in [2.24, 2.45) is 23.7 Å². The number of aromatic nitrogens is 2. The third kappa shape index (κ3) is 6.83. The van der Waals surface area contributed by atoms with Crippen molar-refractivity contribution in [3.8, 4) is 23.0 Å². The van der Waals surface area contributed by atoms with Gasteiger partial charge < -0.3 is 18.9 Å². The van der Waals surface area contributed by atoms with Gasteiger partial charge in [-0.2, -0.15) is 0 Å². The predicted octanol–water partition coefficient (Wildman–Crippen LogP) is 10.1. The van der Waals surface area contributed by atoms with Crippen molar-refractivity contribution in [2.45, 2.75) is 76.7 Å². The van der Waals surface area contributed by atoms with E-state index in [4.69, 9.17) is 28.9 Å². The number of pyridine rings is 2. The maximum Gasteiger partial charge on any atom is 0.198 e. The van der Waals surface area contributed by atoms with E-state index < -0.39 is 12.2 Å². The molecule has 6 aromatic rings. The maximum atomic E-state index is 15.1. The number of methoxy groups -OCH3 is 2. The number of piperidine rings is 6. The quantitative estimate of drug-likeness (QED) is 0.118. The van der Waals surface area contributed by atoms with Gasteiger partial charge in [-0.3, -0.25) is 29.4 Å². The van der Waals surface area contributed by atoms with Crippen LogP contribution in [0, 0.1) is 23.7 Å². The molecule has 0 amide bonds. The second-order valence-corrected chi connectivity index (χ2v) is 18.7.